The number of anilines is 1. The summed E-state index contributed by atoms with van der Waals surface area (Å²) >= 11 is 1.52. The first kappa shape index (κ1) is 7.98. The van der Waals surface area contributed by atoms with Crippen molar-refractivity contribution in [3.8, 4) is 0 Å². The van der Waals surface area contributed by atoms with Gasteiger partial charge in [0.05, 0.1) is 6.04 Å². The second-order valence-corrected chi connectivity index (χ2v) is 3.93. The van der Waals surface area contributed by atoms with Crippen LogP contribution in [0.5, 0.6) is 0 Å². The van der Waals surface area contributed by atoms with Gasteiger partial charge in [-0.2, -0.15) is 0 Å². The molecular weight excluding hydrogens is 175 g/mol. The maximum Gasteiger partial charge on any atom is 0.182 e. The van der Waals surface area contributed by atoms with Crippen LogP contribution in [0, 0.1) is 0 Å². The topological polar surface area (TPSA) is 24.9 Å². The molecule has 1 aliphatic rings. The van der Waals surface area contributed by atoms with E-state index < -0.39 is 6.17 Å². The predicted octanol–water partition coefficient (Wildman–Crippen LogP) is 2.45. The van der Waals surface area contributed by atoms with E-state index in [4.69, 9.17) is 0 Å². The van der Waals surface area contributed by atoms with Gasteiger partial charge in [-0.15, -0.1) is 11.3 Å². The number of nitrogens with zero attached hydrogens (tertiary/aromatic N) is 1. The first-order valence-corrected chi connectivity index (χ1v) is 5.04. The predicted molar refractivity (Wildman–Crippen MR) is 48.3 cm³/mol. The van der Waals surface area contributed by atoms with Gasteiger partial charge in [0.25, 0.3) is 0 Å². The van der Waals surface area contributed by atoms with E-state index in [2.05, 4.69) is 10.3 Å². The van der Waals surface area contributed by atoms with Gasteiger partial charge >= 0.3 is 0 Å². The zero-order chi connectivity index (χ0) is 8.39. The average Bonchev–Trinajstić information content (AvgIpc) is 2.65. The Balaban J connectivity index is 1.95. The number of hydrogen-bond acceptors (Lipinski definition) is 3. The van der Waals surface area contributed by atoms with Gasteiger partial charge in [-0.3, -0.25) is 0 Å². The van der Waals surface area contributed by atoms with Crippen molar-refractivity contribution < 1.29 is 4.39 Å². The molecule has 1 aromatic heterocycles. The minimum atomic E-state index is -0.686. The Hall–Kier alpha value is -0.640. The number of alkyl halides is 1. The summed E-state index contributed by atoms with van der Waals surface area (Å²) in [4.78, 5) is 4.05. The fourth-order valence-corrected chi connectivity index (χ4v) is 2.12. The molecule has 0 spiro atoms. The summed E-state index contributed by atoms with van der Waals surface area (Å²) in [5.41, 5.74) is 0. The average molecular weight is 186 g/mol. The van der Waals surface area contributed by atoms with Gasteiger partial charge in [0, 0.05) is 11.6 Å². The second kappa shape index (κ2) is 3.39. The highest BCUT2D eigenvalue weighted by Crippen LogP contribution is 2.25. The Kier molecular flexibility index (Phi) is 2.26. The molecule has 2 nitrogen and oxygen atoms in total. The lowest BCUT2D eigenvalue weighted by Gasteiger charge is -2.12. The molecule has 0 bridgehead atoms. The van der Waals surface area contributed by atoms with Gasteiger partial charge in [-0.25, -0.2) is 9.37 Å². The van der Waals surface area contributed by atoms with E-state index in [1.807, 2.05) is 5.38 Å². The van der Waals surface area contributed by atoms with Gasteiger partial charge in [-0.05, 0) is 19.3 Å². The molecule has 2 rings (SSSR count). The van der Waals surface area contributed by atoms with Crippen molar-refractivity contribution in [1.29, 1.82) is 0 Å². The summed E-state index contributed by atoms with van der Waals surface area (Å²) in [6, 6.07) is -0.00356. The van der Waals surface area contributed by atoms with Crippen LogP contribution in [-0.4, -0.2) is 17.2 Å². The molecule has 0 amide bonds. The Morgan fingerprint density at radius 3 is 3.08 bits per heavy atom. The number of aromatic nitrogens is 1. The quantitative estimate of drug-likeness (QED) is 0.767. The molecule has 2 unspecified atom stereocenters. The van der Waals surface area contributed by atoms with Crippen molar-refractivity contribution in [1.82, 2.24) is 4.98 Å². The molecule has 66 valence electrons. The largest absolute Gasteiger partial charge is 0.356 e. The van der Waals surface area contributed by atoms with Gasteiger partial charge in [-0.1, -0.05) is 0 Å². The lowest BCUT2D eigenvalue weighted by Crippen LogP contribution is -2.24. The molecule has 1 heterocycles. The molecule has 1 N–H and O–H groups in total. The SMILES string of the molecule is FC1CCCC1Nc1nccs1. The number of halogens is 1. The van der Waals surface area contributed by atoms with Crippen LogP contribution >= 0.6 is 11.3 Å². The molecule has 0 aliphatic heterocycles. The normalized spacial score (nSPS) is 29.1. The Morgan fingerprint density at radius 1 is 1.58 bits per heavy atom. The highest BCUT2D eigenvalue weighted by Gasteiger charge is 2.26. The summed E-state index contributed by atoms with van der Waals surface area (Å²) < 4.78 is 13.1. The standard InChI is InChI=1S/C8H11FN2S/c9-6-2-1-3-7(6)11-8-10-4-5-12-8/h4-7H,1-3H2,(H,10,11). The molecular formula is C8H11FN2S. The summed E-state index contributed by atoms with van der Waals surface area (Å²) in [6.07, 6.45) is 3.66. The number of hydrogen-bond donors (Lipinski definition) is 1. The van der Waals surface area contributed by atoms with Crippen LogP contribution < -0.4 is 5.32 Å². The van der Waals surface area contributed by atoms with E-state index in [0.717, 1.165) is 18.0 Å². The first-order chi connectivity index (χ1) is 5.86. The first-order valence-electron chi connectivity index (χ1n) is 4.16. The Morgan fingerprint density at radius 2 is 2.50 bits per heavy atom. The van der Waals surface area contributed by atoms with Crippen molar-refractivity contribution in [3.63, 3.8) is 0 Å². The van der Waals surface area contributed by atoms with Crippen LogP contribution in [0.25, 0.3) is 0 Å². The third-order valence-corrected chi connectivity index (χ3v) is 2.88. The molecule has 1 aromatic rings. The monoisotopic (exact) mass is 186 g/mol. The fourth-order valence-electron chi connectivity index (χ4n) is 1.53. The van der Waals surface area contributed by atoms with Crippen molar-refractivity contribution in [2.45, 2.75) is 31.5 Å². The highest BCUT2D eigenvalue weighted by molar-refractivity contribution is 7.13. The summed E-state index contributed by atoms with van der Waals surface area (Å²) in [7, 11) is 0. The lowest BCUT2D eigenvalue weighted by molar-refractivity contribution is 0.323. The van der Waals surface area contributed by atoms with Gasteiger partial charge in [0.2, 0.25) is 0 Å². The zero-order valence-electron chi connectivity index (χ0n) is 6.66. The third kappa shape index (κ3) is 1.58. The molecule has 1 aliphatic carbocycles. The van der Waals surface area contributed by atoms with Crippen LogP contribution in [-0.2, 0) is 0 Å². The summed E-state index contributed by atoms with van der Waals surface area (Å²) in [5.74, 6) is 0. The van der Waals surface area contributed by atoms with E-state index in [9.17, 15) is 4.39 Å². The molecule has 0 saturated heterocycles. The minimum Gasteiger partial charge on any atom is -0.356 e. The summed E-state index contributed by atoms with van der Waals surface area (Å²) in [5, 5.41) is 5.83. The smallest absolute Gasteiger partial charge is 0.182 e. The minimum absolute atomic E-state index is 0.00356. The molecule has 0 aromatic carbocycles. The van der Waals surface area contributed by atoms with E-state index in [0.29, 0.717) is 6.42 Å². The molecule has 4 heteroatoms. The molecule has 1 saturated carbocycles. The zero-order valence-corrected chi connectivity index (χ0v) is 7.48. The van der Waals surface area contributed by atoms with Gasteiger partial charge < -0.3 is 5.32 Å². The van der Waals surface area contributed by atoms with Crippen molar-refractivity contribution in [3.05, 3.63) is 11.6 Å². The van der Waals surface area contributed by atoms with E-state index in [-0.39, 0.29) is 6.04 Å². The fraction of sp³-hybridized carbons (Fsp3) is 0.625. The molecule has 0 radical (unpaired) electrons. The van der Waals surface area contributed by atoms with Crippen LogP contribution in [0.3, 0.4) is 0 Å². The van der Waals surface area contributed by atoms with Crippen molar-refractivity contribution >= 4 is 16.5 Å². The van der Waals surface area contributed by atoms with Crippen LogP contribution in [0.1, 0.15) is 19.3 Å². The van der Waals surface area contributed by atoms with Gasteiger partial charge in [0.15, 0.2) is 5.13 Å². The van der Waals surface area contributed by atoms with Crippen LogP contribution in [0.15, 0.2) is 11.6 Å². The maximum absolute atomic E-state index is 13.1. The van der Waals surface area contributed by atoms with E-state index in [1.165, 1.54) is 11.3 Å². The maximum atomic E-state index is 13.1. The van der Waals surface area contributed by atoms with Crippen molar-refractivity contribution in [2.75, 3.05) is 5.32 Å². The van der Waals surface area contributed by atoms with Crippen LogP contribution in [0.2, 0.25) is 0 Å². The lowest BCUT2D eigenvalue weighted by atomic mass is 10.2. The third-order valence-electron chi connectivity index (χ3n) is 2.17. The van der Waals surface area contributed by atoms with E-state index >= 15 is 0 Å². The van der Waals surface area contributed by atoms with Crippen LogP contribution in [0.4, 0.5) is 9.52 Å². The number of rotatable bonds is 2. The van der Waals surface area contributed by atoms with Gasteiger partial charge in [0.1, 0.15) is 6.17 Å². The Bertz CT molecular complexity index is 237. The second-order valence-electron chi connectivity index (χ2n) is 3.03. The number of nitrogens with one attached hydrogen (secondary N) is 1. The molecule has 1 fully saturated rings. The van der Waals surface area contributed by atoms with E-state index in [1.54, 1.807) is 6.20 Å². The number of thiazole rings is 1. The highest BCUT2D eigenvalue weighted by atomic mass is 32.1. The molecule has 2 atom stereocenters. The molecule has 12 heavy (non-hydrogen) atoms. The summed E-state index contributed by atoms with van der Waals surface area (Å²) in [6.45, 7) is 0. The Labute approximate surface area is 74.8 Å². The van der Waals surface area contributed by atoms with Crippen molar-refractivity contribution in [2.24, 2.45) is 0 Å².